The fourth-order valence-corrected chi connectivity index (χ4v) is 4.80. The minimum atomic E-state index is 0.185. The molecular weight excluding hydrogens is 310 g/mol. The first-order chi connectivity index (χ1) is 12.1. The molecule has 4 heteroatoms. The summed E-state index contributed by atoms with van der Waals surface area (Å²) in [6, 6.07) is 11.8. The van der Waals surface area contributed by atoms with Crippen molar-refractivity contribution in [1.82, 2.24) is 10.6 Å². The maximum Gasteiger partial charge on any atom is 0.191 e. The van der Waals surface area contributed by atoms with Crippen LogP contribution in [0.15, 0.2) is 35.3 Å². The molecule has 0 aromatic heterocycles. The van der Waals surface area contributed by atoms with Gasteiger partial charge < -0.3 is 15.4 Å². The largest absolute Gasteiger partial charge is 0.377 e. The van der Waals surface area contributed by atoms with Gasteiger partial charge in [0.2, 0.25) is 0 Å². The molecule has 0 bridgehead atoms. The Balaban J connectivity index is 1.33. The Morgan fingerprint density at radius 2 is 2.04 bits per heavy atom. The van der Waals surface area contributed by atoms with E-state index in [1.54, 1.807) is 0 Å². The molecule has 2 saturated carbocycles. The molecular formula is C21H31N3O. The summed E-state index contributed by atoms with van der Waals surface area (Å²) in [6.45, 7) is 8.45. The van der Waals surface area contributed by atoms with Gasteiger partial charge in [-0.25, -0.2) is 0 Å². The van der Waals surface area contributed by atoms with Crippen molar-refractivity contribution in [2.75, 3.05) is 13.2 Å². The Morgan fingerprint density at radius 1 is 1.24 bits per heavy atom. The summed E-state index contributed by atoms with van der Waals surface area (Å²) in [5.74, 6) is 2.35. The molecule has 0 radical (unpaired) electrons. The van der Waals surface area contributed by atoms with Crippen LogP contribution in [-0.2, 0) is 11.2 Å². The molecule has 1 saturated heterocycles. The molecule has 1 aromatic carbocycles. The molecule has 4 nitrogen and oxygen atoms in total. The summed E-state index contributed by atoms with van der Waals surface area (Å²) in [4.78, 5) is 4.70. The van der Waals surface area contributed by atoms with Gasteiger partial charge in [0.25, 0.3) is 0 Å². The third kappa shape index (κ3) is 3.29. The minimum Gasteiger partial charge on any atom is -0.377 e. The monoisotopic (exact) mass is 341 g/mol. The predicted octanol–water partition coefficient (Wildman–Crippen LogP) is 2.99. The van der Waals surface area contributed by atoms with E-state index < -0.39 is 0 Å². The number of nitrogens with zero attached hydrogens (tertiary/aromatic N) is 1. The van der Waals surface area contributed by atoms with Gasteiger partial charge in [-0.1, -0.05) is 44.2 Å². The van der Waals surface area contributed by atoms with Crippen LogP contribution in [0.25, 0.3) is 0 Å². The third-order valence-electron chi connectivity index (χ3n) is 6.29. The molecule has 3 fully saturated rings. The lowest BCUT2D eigenvalue weighted by Gasteiger charge is -2.55. The summed E-state index contributed by atoms with van der Waals surface area (Å²) in [7, 11) is 0. The molecule has 0 amide bonds. The topological polar surface area (TPSA) is 45.7 Å². The van der Waals surface area contributed by atoms with Gasteiger partial charge in [-0.3, -0.25) is 4.99 Å². The SMILES string of the molecule is CCN=C(NC1CC1Cc1ccccc1)NC1C2CCOC2C1(C)C. The van der Waals surface area contributed by atoms with Crippen molar-refractivity contribution in [3.05, 3.63) is 35.9 Å². The highest BCUT2D eigenvalue weighted by molar-refractivity contribution is 5.81. The molecule has 25 heavy (non-hydrogen) atoms. The second-order valence-corrected chi connectivity index (χ2v) is 8.45. The highest BCUT2D eigenvalue weighted by atomic mass is 16.5. The van der Waals surface area contributed by atoms with E-state index in [4.69, 9.17) is 9.73 Å². The van der Waals surface area contributed by atoms with Gasteiger partial charge in [0, 0.05) is 36.6 Å². The quantitative estimate of drug-likeness (QED) is 0.639. The second-order valence-electron chi connectivity index (χ2n) is 8.45. The van der Waals surface area contributed by atoms with E-state index in [1.807, 2.05) is 0 Å². The number of nitrogens with one attached hydrogen (secondary N) is 2. The highest BCUT2D eigenvalue weighted by Crippen LogP contribution is 2.52. The zero-order chi connectivity index (χ0) is 17.4. The summed E-state index contributed by atoms with van der Waals surface area (Å²) in [5, 5.41) is 7.41. The van der Waals surface area contributed by atoms with Crippen LogP contribution in [0, 0.1) is 17.3 Å². The van der Waals surface area contributed by atoms with Crippen molar-refractivity contribution in [1.29, 1.82) is 0 Å². The third-order valence-corrected chi connectivity index (χ3v) is 6.29. The standard InChI is InChI=1S/C21H31N3O/c1-4-22-20(24-18-16-10-11-25-19(16)21(18,2)3)23-17-13-15(17)12-14-8-6-5-7-9-14/h5-9,15-19H,4,10-13H2,1-3H3,(H2,22,23,24). The van der Waals surface area contributed by atoms with E-state index in [-0.39, 0.29) is 5.41 Å². The first-order valence-electron chi connectivity index (χ1n) is 9.82. The molecule has 4 rings (SSSR count). The Labute approximate surface area is 151 Å². The smallest absolute Gasteiger partial charge is 0.191 e. The fraction of sp³-hybridized carbons (Fsp3) is 0.667. The van der Waals surface area contributed by atoms with Gasteiger partial charge in [-0.2, -0.15) is 0 Å². The highest BCUT2D eigenvalue weighted by Gasteiger charge is 2.59. The van der Waals surface area contributed by atoms with Crippen molar-refractivity contribution >= 4 is 5.96 Å². The van der Waals surface area contributed by atoms with Crippen LogP contribution in [0.5, 0.6) is 0 Å². The fourth-order valence-electron chi connectivity index (χ4n) is 4.80. The van der Waals surface area contributed by atoms with Gasteiger partial charge in [-0.05, 0) is 37.7 Å². The van der Waals surface area contributed by atoms with Crippen LogP contribution in [-0.4, -0.2) is 37.3 Å². The van der Waals surface area contributed by atoms with Crippen molar-refractivity contribution in [2.24, 2.45) is 22.2 Å². The van der Waals surface area contributed by atoms with Crippen LogP contribution < -0.4 is 10.6 Å². The molecule has 1 aromatic rings. The Hall–Kier alpha value is -1.55. The molecule has 5 unspecified atom stereocenters. The Kier molecular flexibility index (Phi) is 4.48. The Bertz CT molecular complexity index is 627. The average Bonchev–Trinajstić information content (AvgIpc) is 3.15. The van der Waals surface area contributed by atoms with Gasteiger partial charge in [0.1, 0.15) is 0 Å². The number of ether oxygens (including phenoxy) is 1. The molecule has 2 aliphatic carbocycles. The maximum atomic E-state index is 5.92. The molecule has 1 aliphatic heterocycles. The minimum absolute atomic E-state index is 0.185. The number of hydrogen-bond donors (Lipinski definition) is 2. The Morgan fingerprint density at radius 3 is 2.80 bits per heavy atom. The van der Waals surface area contributed by atoms with E-state index in [9.17, 15) is 0 Å². The molecule has 1 heterocycles. The first-order valence-corrected chi connectivity index (χ1v) is 9.82. The summed E-state index contributed by atoms with van der Waals surface area (Å²) >= 11 is 0. The predicted molar refractivity (Wildman–Crippen MR) is 102 cm³/mol. The van der Waals surface area contributed by atoms with Crippen LogP contribution in [0.3, 0.4) is 0 Å². The van der Waals surface area contributed by atoms with E-state index in [2.05, 4.69) is 61.7 Å². The number of aliphatic imine (C=N–C) groups is 1. The molecule has 0 spiro atoms. The van der Waals surface area contributed by atoms with Crippen LogP contribution in [0.1, 0.15) is 39.2 Å². The molecule has 136 valence electrons. The van der Waals surface area contributed by atoms with Gasteiger partial charge in [0.15, 0.2) is 5.96 Å². The van der Waals surface area contributed by atoms with Crippen molar-refractivity contribution < 1.29 is 4.74 Å². The van der Waals surface area contributed by atoms with Crippen LogP contribution in [0.2, 0.25) is 0 Å². The lowest BCUT2D eigenvalue weighted by molar-refractivity contribution is -0.106. The normalized spacial score (nSPS) is 35.6. The number of hydrogen-bond acceptors (Lipinski definition) is 2. The average molecular weight is 341 g/mol. The van der Waals surface area contributed by atoms with Crippen molar-refractivity contribution in [2.45, 2.75) is 58.2 Å². The van der Waals surface area contributed by atoms with Crippen molar-refractivity contribution in [3.63, 3.8) is 0 Å². The summed E-state index contributed by atoms with van der Waals surface area (Å²) < 4.78 is 5.92. The lowest BCUT2D eigenvalue weighted by Crippen LogP contribution is -2.68. The summed E-state index contributed by atoms with van der Waals surface area (Å²) in [6.07, 6.45) is 3.98. The van der Waals surface area contributed by atoms with Crippen LogP contribution in [0.4, 0.5) is 0 Å². The van der Waals surface area contributed by atoms with E-state index in [0.29, 0.717) is 24.1 Å². The number of guanidine groups is 1. The zero-order valence-electron chi connectivity index (χ0n) is 15.7. The van der Waals surface area contributed by atoms with Gasteiger partial charge >= 0.3 is 0 Å². The second kappa shape index (κ2) is 6.64. The number of benzene rings is 1. The van der Waals surface area contributed by atoms with Gasteiger partial charge in [-0.15, -0.1) is 0 Å². The molecule has 5 atom stereocenters. The zero-order valence-corrected chi connectivity index (χ0v) is 15.7. The maximum absolute atomic E-state index is 5.92. The van der Waals surface area contributed by atoms with E-state index >= 15 is 0 Å². The van der Waals surface area contributed by atoms with Gasteiger partial charge in [0.05, 0.1) is 6.10 Å². The number of rotatable bonds is 5. The summed E-state index contributed by atoms with van der Waals surface area (Å²) in [5.41, 5.74) is 1.62. The van der Waals surface area contributed by atoms with E-state index in [1.165, 1.54) is 18.4 Å². The van der Waals surface area contributed by atoms with Crippen LogP contribution >= 0.6 is 0 Å². The molecule has 3 aliphatic rings. The van der Waals surface area contributed by atoms with Crippen molar-refractivity contribution in [3.8, 4) is 0 Å². The lowest BCUT2D eigenvalue weighted by atomic mass is 9.57. The molecule has 2 N–H and O–H groups in total. The van der Waals surface area contributed by atoms with E-state index in [0.717, 1.165) is 31.4 Å². The number of fused-ring (bicyclic) bond motifs is 1. The first kappa shape index (κ1) is 16.9.